The molecule has 0 saturated carbocycles. The second-order valence-corrected chi connectivity index (χ2v) is 5.33. The van der Waals surface area contributed by atoms with Gasteiger partial charge < -0.3 is 10.6 Å². The molecule has 0 aromatic rings. The summed E-state index contributed by atoms with van der Waals surface area (Å²) < 4.78 is 0. The lowest BCUT2D eigenvalue weighted by molar-refractivity contribution is 0.367. The average Bonchev–Trinajstić information content (AvgIpc) is 2.82. The van der Waals surface area contributed by atoms with E-state index in [0.29, 0.717) is 12.1 Å². The minimum atomic E-state index is 0.173. The minimum absolute atomic E-state index is 0.173. The van der Waals surface area contributed by atoms with E-state index in [4.69, 9.17) is 0 Å². The molecule has 2 N–H and O–H groups in total. The molecule has 0 aliphatic heterocycles. The quantitative estimate of drug-likeness (QED) is 0.677. The SMILES string of the molecule is CCC(C)NCC1(CNC(C)CC)C=CC=C1. The Hall–Kier alpha value is -0.600. The second kappa shape index (κ2) is 6.97. The fraction of sp³-hybridized carbons (Fsp3) is 0.733. The van der Waals surface area contributed by atoms with Crippen LogP contribution >= 0.6 is 0 Å². The van der Waals surface area contributed by atoms with Gasteiger partial charge in [-0.05, 0) is 26.7 Å². The van der Waals surface area contributed by atoms with E-state index in [-0.39, 0.29) is 5.41 Å². The van der Waals surface area contributed by atoms with E-state index in [9.17, 15) is 0 Å². The normalized spacial score (nSPS) is 20.7. The molecule has 1 aliphatic rings. The number of rotatable bonds is 8. The number of hydrogen-bond donors (Lipinski definition) is 2. The number of allylic oxidation sites excluding steroid dienone is 2. The van der Waals surface area contributed by atoms with Crippen molar-refractivity contribution in [1.82, 2.24) is 10.6 Å². The number of hydrogen-bond acceptors (Lipinski definition) is 2. The van der Waals surface area contributed by atoms with Gasteiger partial charge in [0.1, 0.15) is 0 Å². The zero-order valence-electron chi connectivity index (χ0n) is 11.8. The van der Waals surface area contributed by atoms with E-state index in [0.717, 1.165) is 13.1 Å². The Morgan fingerprint density at radius 1 is 0.882 bits per heavy atom. The van der Waals surface area contributed by atoms with Crippen LogP contribution in [-0.2, 0) is 0 Å². The molecule has 2 nitrogen and oxygen atoms in total. The first-order valence-corrected chi connectivity index (χ1v) is 6.95. The summed E-state index contributed by atoms with van der Waals surface area (Å²) in [6.45, 7) is 11.0. The third-order valence-corrected chi connectivity index (χ3v) is 3.75. The van der Waals surface area contributed by atoms with Crippen molar-refractivity contribution < 1.29 is 0 Å². The summed E-state index contributed by atoms with van der Waals surface area (Å²) in [7, 11) is 0. The molecule has 0 radical (unpaired) electrons. The van der Waals surface area contributed by atoms with Crippen LogP contribution in [0, 0.1) is 5.41 Å². The van der Waals surface area contributed by atoms with Crippen LogP contribution in [0.25, 0.3) is 0 Å². The van der Waals surface area contributed by atoms with Crippen LogP contribution in [0.2, 0.25) is 0 Å². The van der Waals surface area contributed by atoms with Gasteiger partial charge in [0, 0.05) is 30.6 Å². The number of nitrogens with one attached hydrogen (secondary N) is 2. The van der Waals surface area contributed by atoms with Gasteiger partial charge in [-0.25, -0.2) is 0 Å². The lowest BCUT2D eigenvalue weighted by Gasteiger charge is -2.29. The van der Waals surface area contributed by atoms with Crippen molar-refractivity contribution in [2.24, 2.45) is 5.41 Å². The molecule has 0 amide bonds. The molecule has 1 aliphatic carbocycles. The van der Waals surface area contributed by atoms with Gasteiger partial charge >= 0.3 is 0 Å². The molecular weight excluding hydrogens is 208 g/mol. The highest BCUT2D eigenvalue weighted by Crippen LogP contribution is 2.25. The predicted molar refractivity (Wildman–Crippen MR) is 76.2 cm³/mol. The van der Waals surface area contributed by atoms with Crippen molar-refractivity contribution in [3.05, 3.63) is 24.3 Å². The van der Waals surface area contributed by atoms with Gasteiger partial charge in [0.15, 0.2) is 0 Å². The van der Waals surface area contributed by atoms with E-state index in [2.05, 4.69) is 62.6 Å². The van der Waals surface area contributed by atoms with Gasteiger partial charge in [0.05, 0.1) is 0 Å². The smallest absolute Gasteiger partial charge is 0.0317 e. The average molecular weight is 236 g/mol. The van der Waals surface area contributed by atoms with Crippen LogP contribution in [0.3, 0.4) is 0 Å². The Labute approximate surface area is 107 Å². The zero-order valence-corrected chi connectivity index (χ0v) is 11.8. The van der Waals surface area contributed by atoms with Gasteiger partial charge in [-0.3, -0.25) is 0 Å². The van der Waals surface area contributed by atoms with E-state index in [1.807, 2.05) is 0 Å². The summed E-state index contributed by atoms with van der Waals surface area (Å²) in [5, 5.41) is 7.23. The molecule has 0 bridgehead atoms. The van der Waals surface area contributed by atoms with Crippen LogP contribution < -0.4 is 10.6 Å². The van der Waals surface area contributed by atoms with E-state index in [1.165, 1.54) is 12.8 Å². The van der Waals surface area contributed by atoms with Crippen molar-refractivity contribution >= 4 is 0 Å². The zero-order chi connectivity index (χ0) is 12.7. The molecule has 98 valence electrons. The maximum atomic E-state index is 3.61. The van der Waals surface area contributed by atoms with Gasteiger partial charge in [0.2, 0.25) is 0 Å². The molecule has 2 atom stereocenters. The summed E-state index contributed by atoms with van der Waals surface area (Å²) in [6, 6.07) is 1.19. The third kappa shape index (κ3) is 4.64. The molecular formula is C15H28N2. The lowest BCUT2D eigenvalue weighted by atomic mass is 9.89. The molecule has 17 heavy (non-hydrogen) atoms. The first-order valence-electron chi connectivity index (χ1n) is 6.95. The van der Waals surface area contributed by atoms with Crippen LogP contribution in [0.5, 0.6) is 0 Å². The Kier molecular flexibility index (Phi) is 5.93. The van der Waals surface area contributed by atoms with Crippen LogP contribution in [0.4, 0.5) is 0 Å². The molecule has 1 rings (SSSR count). The van der Waals surface area contributed by atoms with E-state index in [1.54, 1.807) is 0 Å². The van der Waals surface area contributed by atoms with Gasteiger partial charge in [-0.15, -0.1) is 0 Å². The largest absolute Gasteiger partial charge is 0.313 e. The van der Waals surface area contributed by atoms with Gasteiger partial charge in [0.25, 0.3) is 0 Å². The van der Waals surface area contributed by atoms with Crippen molar-refractivity contribution in [3.63, 3.8) is 0 Å². The Bertz CT molecular complexity index is 240. The topological polar surface area (TPSA) is 24.1 Å². The van der Waals surface area contributed by atoms with Crippen LogP contribution in [-0.4, -0.2) is 25.2 Å². The summed E-state index contributed by atoms with van der Waals surface area (Å²) in [6.07, 6.45) is 11.3. The second-order valence-electron chi connectivity index (χ2n) is 5.33. The fourth-order valence-corrected chi connectivity index (χ4v) is 1.87. The molecule has 0 saturated heterocycles. The van der Waals surface area contributed by atoms with Crippen molar-refractivity contribution in [2.75, 3.05) is 13.1 Å². The summed E-state index contributed by atoms with van der Waals surface area (Å²) in [5.41, 5.74) is 0.173. The van der Waals surface area contributed by atoms with Crippen molar-refractivity contribution in [1.29, 1.82) is 0 Å². The Morgan fingerprint density at radius 3 is 1.65 bits per heavy atom. The first kappa shape index (κ1) is 14.5. The minimum Gasteiger partial charge on any atom is -0.313 e. The monoisotopic (exact) mass is 236 g/mol. The van der Waals surface area contributed by atoms with Crippen LogP contribution in [0.15, 0.2) is 24.3 Å². The van der Waals surface area contributed by atoms with Gasteiger partial charge in [-0.1, -0.05) is 38.2 Å². The predicted octanol–water partition coefficient (Wildman–Crippen LogP) is 2.88. The Morgan fingerprint density at radius 2 is 1.29 bits per heavy atom. The van der Waals surface area contributed by atoms with Gasteiger partial charge in [-0.2, -0.15) is 0 Å². The molecule has 0 fully saturated rings. The Balaban J connectivity index is 2.46. The maximum absolute atomic E-state index is 3.61. The molecule has 2 unspecified atom stereocenters. The summed E-state index contributed by atoms with van der Waals surface area (Å²) in [4.78, 5) is 0. The first-order chi connectivity index (χ1) is 8.12. The standard InChI is InChI=1S/C15H28N2/c1-5-13(3)16-11-15(9-7-8-10-15)12-17-14(4)6-2/h7-10,13-14,16-17H,5-6,11-12H2,1-4H3. The van der Waals surface area contributed by atoms with Crippen molar-refractivity contribution in [2.45, 2.75) is 52.6 Å². The van der Waals surface area contributed by atoms with E-state index >= 15 is 0 Å². The van der Waals surface area contributed by atoms with E-state index < -0.39 is 0 Å². The highest BCUT2D eigenvalue weighted by atomic mass is 15.0. The highest BCUT2D eigenvalue weighted by molar-refractivity contribution is 5.26. The molecule has 0 spiro atoms. The molecule has 0 heterocycles. The van der Waals surface area contributed by atoms with Crippen LogP contribution in [0.1, 0.15) is 40.5 Å². The molecule has 0 aromatic heterocycles. The molecule has 0 aromatic carbocycles. The summed E-state index contributed by atoms with van der Waals surface area (Å²) in [5.74, 6) is 0. The van der Waals surface area contributed by atoms with Crippen molar-refractivity contribution in [3.8, 4) is 0 Å². The highest BCUT2D eigenvalue weighted by Gasteiger charge is 2.26. The lowest BCUT2D eigenvalue weighted by Crippen LogP contribution is -2.43. The fourth-order valence-electron chi connectivity index (χ4n) is 1.87. The third-order valence-electron chi connectivity index (χ3n) is 3.75. The summed E-state index contributed by atoms with van der Waals surface area (Å²) >= 11 is 0. The maximum Gasteiger partial charge on any atom is 0.0317 e. The molecule has 2 heteroatoms.